The number of methoxy groups -OCH3 is 1. The zero-order chi connectivity index (χ0) is 48.6. The van der Waals surface area contributed by atoms with Gasteiger partial charge in [-0.15, -0.1) is 0 Å². The number of pyridine rings is 2. The smallest absolute Gasteiger partial charge is 0.339 e. The predicted molar refractivity (Wildman–Crippen MR) is 284 cm³/mol. The number of nitrogens with zero attached hydrogens (tertiary/aromatic N) is 4. The van der Waals surface area contributed by atoms with E-state index >= 15 is 0 Å². The molecule has 71 heavy (non-hydrogen) atoms. The molecule has 0 amide bonds. The van der Waals surface area contributed by atoms with Gasteiger partial charge in [-0.25, -0.2) is 9.59 Å². The summed E-state index contributed by atoms with van der Waals surface area (Å²) in [7, 11) is 5.58. The molecule has 4 heterocycles. The van der Waals surface area contributed by atoms with Crippen LogP contribution in [0.3, 0.4) is 0 Å². The number of aryl methyl sites for hydroxylation is 2. The summed E-state index contributed by atoms with van der Waals surface area (Å²) < 4.78 is 9.43. The first-order valence-electron chi connectivity index (χ1n) is 24.4. The van der Waals surface area contributed by atoms with E-state index in [9.17, 15) is 14.7 Å². The molecule has 12 rings (SSSR count). The first-order valence-corrected chi connectivity index (χ1v) is 24.4. The lowest BCUT2D eigenvalue weighted by molar-refractivity contribution is 0.0598. The topological polar surface area (TPSA) is 99.2 Å². The molecule has 0 atom stereocenters. The first kappa shape index (κ1) is 45.1. The normalized spacial score (nSPS) is 13.2. The van der Waals surface area contributed by atoms with Crippen molar-refractivity contribution in [3.05, 3.63) is 227 Å². The number of hydrogen-bond acceptors (Lipinski definition) is 5. The maximum atomic E-state index is 12.6. The minimum absolute atomic E-state index is 0.315. The van der Waals surface area contributed by atoms with Crippen LogP contribution in [-0.2, 0) is 31.7 Å². The second-order valence-corrected chi connectivity index (χ2v) is 19.1. The van der Waals surface area contributed by atoms with Crippen molar-refractivity contribution in [3.8, 4) is 44.5 Å². The number of carbonyl (C=O) groups excluding carboxylic acids is 1. The summed E-state index contributed by atoms with van der Waals surface area (Å²) in [6.45, 7) is 0. The molecule has 0 aliphatic heterocycles. The Morgan fingerprint density at radius 2 is 0.944 bits per heavy atom. The molecule has 2 fully saturated rings. The second kappa shape index (κ2) is 19.2. The van der Waals surface area contributed by atoms with Gasteiger partial charge in [0.25, 0.3) is 0 Å². The number of carboxylic acids is 1. The van der Waals surface area contributed by atoms with Crippen LogP contribution in [0.25, 0.3) is 66.3 Å². The van der Waals surface area contributed by atoms with E-state index < -0.39 is 5.97 Å². The van der Waals surface area contributed by atoms with Gasteiger partial charge in [0.1, 0.15) is 0 Å². The van der Waals surface area contributed by atoms with E-state index in [0.29, 0.717) is 41.5 Å². The van der Waals surface area contributed by atoms with E-state index in [0.717, 1.165) is 81.2 Å². The molecule has 10 aromatic rings. The SMILES string of the molecule is COC(=O)c1cc(C2CC2)cnc1Cc1cc(-c2cccc(-c3ccccc3)c2)c2c(ccn2C)c1.Cn1ccc2cc(Cc3ncc(C4CC4)cc3C(=O)O)cc(-c3cccc(-c4ccccc4)c3)c21. The Morgan fingerprint density at radius 3 is 1.38 bits per heavy atom. The predicted octanol–water partition coefficient (Wildman–Crippen LogP) is 14.2. The third-order valence-electron chi connectivity index (χ3n) is 14.1. The summed E-state index contributed by atoms with van der Waals surface area (Å²) in [5, 5.41) is 12.2. The van der Waals surface area contributed by atoms with Gasteiger partial charge in [0, 0.05) is 73.6 Å². The molecule has 6 aromatic carbocycles. The molecule has 0 saturated heterocycles. The largest absolute Gasteiger partial charge is 0.478 e. The number of ether oxygens (including phenoxy) is 1. The molecule has 0 bridgehead atoms. The van der Waals surface area contributed by atoms with Crippen molar-refractivity contribution in [2.45, 2.75) is 50.4 Å². The van der Waals surface area contributed by atoms with E-state index in [4.69, 9.17) is 9.72 Å². The Bertz CT molecular complexity index is 3620. The number of fused-ring (bicyclic) bond motifs is 2. The van der Waals surface area contributed by atoms with Crippen molar-refractivity contribution in [1.29, 1.82) is 0 Å². The molecule has 0 radical (unpaired) electrons. The Labute approximate surface area is 413 Å². The van der Waals surface area contributed by atoms with Gasteiger partial charge in [-0.1, -0.05) is 97.1 Å². The number of benzene rings is 6. The zero-order valence-corrected chi connectivity index (χ0v) is 40.2. The van der Waals surface area contributed by atoms with Gasteiger partial charge < -0.3 is 19.0 Å². The third kappa shape index (κ3) is 9.53. The van der Waals surface area contributed by atoms with E-state index in [1.165, 1.54) is 45.8 Å². The van der Waals surface area contributed by atoms with Crippen molar-refractivity contribution < 1.29 is 19.4 Å². The second-order valence-electron chi connectivity index (χ2n) is 19.1. The number of carboxylic acid groups (broad SMARTS) is 1. The fourth-order valence-corrected chi connectivity index (χ4v) is 10.1. The molecule has 8 heteroatoms. The number of esters is 1. The van der Waals surface area contributed by atoms with Crippen molar-refractivity contribution in [3.63, 3.8) is 0 Å². The lowest BCUT2D eigenvalue weighted by atomic mass is 9.94. The number of aromatic carboxylic acids is 1. The van der Waals surface area contributed by atoms with Gasteiger partial charge in [0.2, 0.25) is 0 Å². The molecular weight excluding hydrogens is 877 g/mol. The molecular formula is C63H54N4O4. The van der Waals surface area contributed by atoms with E-state index in [1.54, 1.807) is 0 Å². The van der Waals surface area contributed by atoms with Crippen molar-refractivity contribution >= 4 is 33.7 Å². The van der Waals surface area contributed by atoms with Crippen LogP contribution in [0.15, 0.2) is 183 Å². The van der Waals surface area contributed by atoms with Crippen LogP contribution in [0.5, 0.6) is 0 Å². The lowest BCUT2D eigenvalue weighted by Crippen LogP contribution is -2.09. The highest BCUT2D eigenvalue weighted by molar-refractivity contribution is 5.98. The minimum atomic E-state index is -0.911. The van der Waals surface area contributed by atoms with Crippen LogP contribution >= 0.6 is 0 Å². The number of hydrogen-bond donors (Lipinski definition) is 1. The molecule has 2 saturated carbocycles. The minimum Gasteiger partial charge on any atom is -0.478 e. The third-order valence-corrected chi connectivity index (χ3v) is 14.1. The van der Waals surface area contributed by atoms with Crippen molar-refractivity contribution in [2.75, 3.05) is 7.11 Å². The van der Waals surface area contributed by atoms with Gasteiger partial charge in [-0.3, -0.25) is 9.97 Å². The zero-order valence-electron chi connectivity index (χ0n) is 40.2. The van der Waals surface area contributed by atoms with Crippen molar-refractivity contribution in [2.24, 2.45) is 14.1 Å². The maximum Gasteiger partial charge on any atom is 0.339 e. The Morgan fingerprint density at radius 1 is 0.521 bits per heavy atom. The van der Waals surface area contributed by atoms with Gasteiger partial charge in [0.05, 0.1) is 40.7 Å². The van der Waals surface area contributed by atoms with E-state index in [2.05, 4.69) is 174 Å². The summed E-state index contributed by atoms with van der Waals surface area (Å²) in [6, 6.07) is 55.0. The van der Waals surface area contributed by atoms with Crippen LogP contribution in [0.4, 0.5) is 0 Å². The highest BCUT2D eigenvalue weighted by Gasteiger charge is 2.28. The number of rotatable bonds is 12. The first-order chi connectivity index (χ1) is 34.7. The Hall–Kier alpha value is -8.36. The summed E-state index contributed by atoms with van der Waals surface area (Å²) >= 11 is 0. The molecule has 2 aliphatic carbocycles. The van der Waals surface area contributed by atoms with Crippen LogP contribution in [-0.4, -0.2) is 43.3 Å². The van der Waals surface area contributed by atoms with Crippen LogP contribution < -0.4 is 0 Å². The molecule has 4 aromatic heterocycles. The van der Waals surface area contributed by atoms with Gasteiger partial charge >= 0.3 is 11.9 Å². The van der Waals surface area contributed by atoms with Crippen LogP contribution in [0, 0.1) is 0 Å². The van der Waals surface area contributed by atoms with Crippen LogP contribution in [0.2, 0.25) is 0 Å². The highest BCUT2D eigenvalue weighted by Crippen LogP contribution is 2.42. The van der Waals surface area contributed by atoms with Crippen molar-refractivity contribution in [1.82, 2.24) is 19.1 Å². The number of carbonyl (C=O) groups is 2. The lowest BCUT2D eigenvalue weighted by Gasteiger charge is -2.13. The summed E-state index contributed by atoms with van der Waals surface area (Å²) in [5.74, 6) is -0.235. The molecule has 0 spiro atoms. The highest BCUT2D eigenvalue weighted by atomic mass is 16.5. The summed E-state index contributed by atoms with van der Waals surface area (Å²) in [5.41, 5.74) is 18.3. The monoisotopic (exact) mass is 930 g/mol. The van der Waals surface area contributed by atoms with Crippen LogP contribution in [0.1, 0.15) is 91.9 Å². The Kier molecular flexibility index (Phi) is 12.2. The summed E-state index contributed by atoms with van der Waals surface area (Å²) in [4.78, 5) is 34.0. The fraction of sp³-hybridized carbons (Fsp3) is 0.175. The van der Waals surface area contributed by atoms with Gasteiger partial charge in [-0.2, -0.15) is 0 Å². The van der Waals surface area contributed by atoms with E-state index in [1.807, 2.05) is 36.7 Å². The fourth-order valence-electron chi connectivity index (χ4n) is 10.1. The molecule has 8 nitrogen and oxygen atoms in total. The molecule has 0 unspecified atom stereocenters. The molecule has 2 aliphatic rings. The standard InChI is InChI=1S/C32H28N2O2.C31H26N2O2/c1-34-14-13-26-15-21(17-30-29(32(35)36-2)19-27(20-33-30)23-11-12-23)16-28(31(26)34)25-10-6-9-24(18-25)22-7-4-3-5-8-22;1-33-13-12-25-14-20(16-29-28(31(34)35)18-26(19-32-29)22-10-11-22)15-27(30(25)33)24-9-5-8-23(17-24)21-6-3-2-4-7-21/h3-10,13-16,18-20,23H,11-12,17H2,1-2H3;2-9,12-15,17-19,22H,10-11,16H2,1H3,(H,34,35). The summed E-state index contributed by atoms with van der Waals surface area (Å²) in [6.07, 6.45) is 13.6. The molecule has 350 valence electrons. The number of aromatic nitrogens is 4. The van der Waals surface area contributed by atoms with E-state index in [-0.39, 0.29) is 5.97 Å². The average molecular weight is 931 g/mol. The quantitative estimate of drug-likeness (QED) is 0.123. The van der Waals surface area contributed by atoms with Gasteiger partial charge in [-0.05, 0) is 154 Å². The average Bonchev–Trinajstić information content (AvgIpc) is 4.36. The maximum absolute atomic E-state index is 12.6. The van der Waals surface area contributed by atoms with Gasteiger partial charge in [0.15, 0.2) is 0 Å². The Balaban J connectivity index is 0.000000154. The molecule has 1 N–H and O–H groups in total.